The van der Waals surface area contributed by atoms with Crippen molar-refractivity contribution in [2.75, 3.05) is 11.1 Å². The van der Waals surface area contributed by atoms with Gasteiger partial charge in [-0.2, -0.15) is 0 Å². The first-order chi connectivity index (χ1) is 8.50. The number of hydrogen-bond donors (Lipinski definition) is 2. The standard InChI is InChI=1S/C12H10BrCl2N3/c1-6-8(16)5-17-12(10(6)13)18-9-4-2-3-7(14)11(9)15/h2-5H,16H2,1H3,(H,17,18). The number of hydrogen-bond acceptors (Lipinski definition) is 3. The fourth-order valence-electron chi connectivity index (χ4n) is 1.41. The van der Waals surface area contributed by atoms with E-state index in [0.29, 0.717) is 27.2 Å². The zero-order valence-corrected chi connectivity index (χ0v) is 12.6. The van der Waals surface area contributed by atoms with Crippen molar-refractivity contribution in [3.8, 4) is 0 Å². The Morgan fingerprint density at radius 2 is 2.06 bits per heavy atom. The molecule has 3 N–H and O–H groups in total. The molecule has 0 aliphatic heterocycles. The van der Waals surface area contributed by atoms with E-state index in [9.17, 15) is 0 Å². The molecule has 0 fully saturated rings. The summed E-state index contributed by atoms with van der Waals surface area (Å²) in [5.41, 5.74) is 8.02. The number of rotatable bonds is 2. The number of anilines is 3. The van der Waals surface area contributed by atoms with Crippen LogP contribution in [0, 0.1) is 6.92 Å². The molecule has 1 heterocycles. The smallest absolute Gasteiger partial charge is 0.145 e. The molecule has 0 atom stereocenters. The van der Waals surface area contributed by atoms with Gasteiger partial charge in [-0.3, -0.25) is 0 Å². The van der Waals surface area contributed by atoms with Crippen LogP contribution in [-0.4, -0.2) is 4.98 Å². The van der Waals surface area contributed by atoms with Gasteiger partial charge in [0.15, 0.2) is 0 Å². The fourth-order valence-corrected chi connectivity index (χ4v) is 2.19. The predicted molar refractivity (Wildman–Crippen MR) is 80.8 cm³/mol. The third-order valence-corrected chi connectivity index (χ3v) is 4.30. The zero-order valence-electron chi connectivity index (χ0n) is 9.47. The van der Waals surface area contributed by atoms with Crippen LogP contribution in [0.3, 0.4) is 0 Å². The van der Waals surface area contributed by atoms with E-state index in [1.54, 1.807) is 12.3 Å². The molecule has 18 heavy (non-hydrogen) atoms. The number of halogens is 3. The van der Waals surface area contributed by atoms with E-state index in [4.69, 9.17) is 28.9 Å². The third-order valence-electron chi connectivity index (χ3n) is 2.51. The summed E-state index contributed by atoms with van der Waals surface area (Å²) in [4.78, 5) is 4.22. The van der Waals surface area contributed by atoms with Gasteiger partial charge in [-0.25, -0.2) is 4.98 Å². The Hall–Kier alpha value is -0.970. The average Bonchev–Trinajstić information content (AvgIpc) is 2.35. The van der Waals surface area contributed by atoms with Crippen LogP contribution < -0.4 is 11.1 Å². The maximum atomic E-state index is 6.10. The van der Waals surface area contributed by atoms with Crippen molar-refractivity contribution in [1.29, 1.82) is 0 Å². The second-order valence-electron chi connectivity index (χ2n) is 3.73. The molecule has 0 saturated heterocycles. The first-order valence-electron chi connectivity index (χ1n) is 5.12. The summed E-state index contributed by atoms with van der Waals surface area (Å²) in [5.74, 6) is 0.644. The van der Waals surface area contributed by atoms with E-state index in [0.717, 1.165) is 10.0 Å². The quantitative estimate of drug-likeness (QED) is 0.822. The number of nitrogens with two attached hydrogens (primary N) is 1. The van der Waals surface area contributed by atoms with Crippen molar-refractivity contribution < 1.29 is 0 Å². The second kappa shape index (κ2) is 5.34. The minimum absolute atomic E-state index is 0.461. The van der Waals surface area contributed by atoms with Gasteiger partial charge in [0.25, 0.3) is 0 Å². The fraction of sp³-hybridized carbons (Fsp3) is 0.0833. The van der Waals surface area contributed by atoms with Gasteiger partial charge in [0.05, 0.1) is 32.1 Å². The van der Waals surface area contributed by atoms with Gasteiger partial charge in [0.2, 0.25) is 0 Å². The number of aromatic nitrogens is 1. The highest BCUT2D eigenvalue weighted by Gasteiger charge is 2.10. The van der Waals surface area contributed by atoms with Crippen LogP contribution in [0.4, 0.5) is 17.2 Å². The summed E-state index contributed by atoms with van der Waals surface area (Å²) >= 11 is 15.5. The molecular formula is C12H10BrCl2N3. The number of nitrogen functional groups attached to an aromatic ring is 1. The highest BCUT2D eigenvalue weighted by Crippen LogP contribution is 2.34. The molecule has 3 nitrogen and oxygen atoms in total. The largest absolute Gasteiger partial charge is 0.397 e. The molecule has 94 valence electrons. The molecule has 0 amide bonds. The van der Waals surface area contributed by atoms with Gasteiger partial charge >= 0.3 is 0 Å². The van der Waals surface area contributed by atoms with Crippen LogP contribution in [0.1, 0.15) is 5.56 Å². The Balaban J connectivity index is 2.41. The van der Waals surface area contributed by atoms with Gasteiger partial charge in [-0.15, -0.1) is 0 Å². The number of pyridine rings is 1. The van der Waals surface area contributed by atoms with E-state index in [1.807, 2.05) is 19.1 Å². The average molecular weight is 347 g/mol. The van der Waals surface area contributed by atoms with Crippen molar-refractivity contribution in [2.24, 2.45) is 0 Å². The second-order valence-corrected chi connectivity index (χ2v) is 5.31. The van der Waals surface area contributed by atoms with Crippen molar-refractivity contribution >= 4 is 56.3 Å². The lowest BCUT2D eigenvalue weighted by atomic mass is 10.2. The molecule has 0 aliphatic carbocycles. The van der Waals surface area contributed by atoms with Crippen molar-refractivity contribution in [2.45, 2.75) is 6.92 Å². The Kier molecular flexibility index (Phi) is 4.00. The number of nitrogens with one attached hydrogen (secondary N) is 1. The van der Waals surface area contributed by atoms with Crippen LogP contribution in [0.25, 0.3) is 0 Å². The SMILES string of the molecule is Cc1c(N)cnc(Nc2cccc(Cl)c2Cl)c1Br. The molecule has 1 aromatic heterocycles. The first kappa shape index (κ1) is 13.5. The minimum atomic E-state index is 0.461. The molecule has 2 aromatic rings. The number of nitrogens with zero attached hydrogens (tertiary/aromatic N) is 1. The maximum Gasteiger partial charge on any atom is 0.145 e. The van der Waals surface area contributed by atoms with Crippen LogP contribution >= 0.6 is 39.1 Å². The van der Waals surface area contributed by atoms with Crippen LogP contribution in [-0.2, 0) is 0 Å². The molecule has 0 unspecified atom stereocenters. The Bertz CT molecular complexity index is 602. The van der Waals surface area contributed by atoms with Crippen LogP contribution in [0.15, 0.2) is 28.9 Å². The monoisotopic (exact) mass is 345 g/mol. The Labute approximate surface area is 123 Å². The van der Waals surface area contributed by atoms with Gasteiger partial charge in [0.1, 0.15) is 5.82 Å². The third kappa shape index (κ3) is 2.55. The van der Waals surface area contributed by atoms with Gasteiger partial charge in [-0.1, -0.05) is 29.3 Å². The molecule has 6 heteroatoms. The summed E-state index contributed by atoms with van der Waals surface area (Å²) in [6, 6.07) is 5.37. The maximum absolute atomic E-state index is 6.10. The first-order valence-corrected chi connectivity index (χ1v) is 6.67. The Morgan fingerprint density at radius 1 is 1.33 bits per heavy atom. The van der Waals surface area contributed by atoms with E-state index in [2.05, 4.69) is 26.2 Å². The van der Waals surface area contributed by atoms with E-state index in [-0.39, 0.29) is 0 Å². The van der Waals surface area contributed by atoms with Crippen molar-refractivity contribution in [1.82, 2.24) is 4.98 Å². The summed E-state index contributed by atoms with van der Waals surface area (Å²) in [7, 11) is 0. The molecule has 0 bridgehead atoms. The van der Waals surface area contributed by atoms with E-state index >= 15 is 0 Å². The molecule has 0 spiro atoms. The molecule has 1 aromatic carbocycles. The lowest BCUT2D eigenvalue weighted by Crippen LogP contribution is -2.00. The van der Waals surface area contributed by atoms with Gasteiger partial charge in [0, 0.05) is 0 Å². The van der Waals surface area contributed by atoms with Gasteiger partial charge in [-0.05, 0) is 40.5 Å². The molecular weight excluding hydrogens is 337 g/mol. The summed E-state index contributed by atoms with van der Waals surface area (Å²) in [5, 5.41) is 4.07. The number of benzene rings is 1. The minimum Gasteiger partial charge on any atom is -0.397 e. The lowest BCUT2D eigenvalue weighted by Gasteiger charge is -2.12. The zero-order chi connectivity index (χ0) is 13.3. The molecule has 0 saturated carbocycles. The lowest BCUT2D eigenvalue weighted by molar-refractivity contribution is 1.25. The van der Waals surface area contributed by atoms with Crippen molar-refractivity contribution in [3.63, 3.8) is 0 Å². The summed E-state index contributed by atoms with van der Waals surface area (Å²) in [6.07, 6.45) is 1.60. The molecule has 2 rings (SSSR count). The van der Waals surface area contributed by atoms with E-state index in [1.165, 1.54) is 0 Å². The highest BCUT2D eigenvalue weighted by atomic mass is 79.9. The van der Waals surface area contributed by atoms with E-state index < -0.39 is 0 Å². The topological polar surface area (TPSA) is 50.9 Å². The highest BCUT2D eigenvalue weighted by molar-refractivity contribution is 9.10. The summed E-state index contributed by atoms with van der Waals surface area (Å²) < 4.78 is 0.804. The molecule has 0 radical (unpaired) electrons. The Morgan fingerprint density at radius 3 is 2.78 bits per heavy atom. The van der Waals surface area contributed by atoms with Gasteiger partial charge < -0.3 is 11.1 Å². The summed E-state index contributed by atoms with van der Waals surface area (Å²) in [6.45, 7) is 1.91. The van der Waals surface area contributed by atoms with Crippen LogP contribution in [0.2, 0.25) is 10.0 Å². The van der Waals surface area contributed by atoms with Crippen molar-refractivity contribution in [3.05, 3.63) is 44.5 Å². The van der Waals surface area contributed by atoms with Crippen LogP contribution in [0.5, 0.6) is 0 Å². The predicted octanol–water partition coefficient (Wildman–Crippen LogP) is 4.79. The normalized spacial score (nSPS) is 10.4. The molecule has 0 aliphatic rings.